The summed E-state index contributed by atoms with van der Waals surface area (Å²) < 4.78 is 54.4. The van der Waals surface area contributed by atoms with Crippen LogP contribution in [0.15, 0.2) is 12.2 Å². The van der Waals surface area contributed by atoms with E-state index >= 15 is 0 Å². The summed E-state index contributed by atoms with van der Waals surface area (Å²) in [6, 6.07) is 0. The second-order valence-electron chi connectivity index (χ2n) is 21.0. The molecule has 71 heavy (non-hydrogen) atoms. The molecule has 1 fully saturated rings. The Hall–Kier alpha value is -1.61. The van der Waals surface area contributed by atoms with E-state index in [1.807, 2.05) is 0 Å². The van der Waals surface area contributed by atoms with Crippen molar-refractivity contribution in [2.45, 2.75) is 327 Å². The van der Waals surface area contributed by atoms with Crippen LogP contribution in [0.5, 0.6) is 0 Å². The molecular formula is C58H110O12S. The first-order valence-corrected chi connectivity index (χ1v) is 31.4. The van der Waals surface area contributed by atoms with Gasteiger partial charge in [0, 0.05) is 12.8 Å². The van der Waals surface area contributed by atoms with Crippen molar-refractivity contribution < 1.29 is 56.8 Å². The van der Waals surface area contributed by atoms with Crippen molar-refractivity contribution in [2.24, 2.45) is 0 Å². The van der Waals surface area contributed by atoms with E-state index in [2.05, 4.69) is 26.0 Å². The molecule has 0 amide bonds. The van der Waals surface area contributed by atoms with Gasteiger partial charge < -0.3 is 34.3 Å². The molecular weight excluding hydrogens is 921 g/mol. The van der Waals surface area contributed by atoms with Crippen LogP contribution in [-0.4, -0.2) is 96.0 Å². The van der Waals surface area contributed by atoms with Crippen LogP contribution in [-0.2, 0) is 38.7 Å². The highest BCUT2D eigenvalue weighted by Crippen LogP contribution is 2.24. The van der Waals surface area contributed by atoms with Gasteiger partial charge in [0.15, 0.2) is 12.4 Å². The van der Waals surface area contributed by atoms with Gasteiger partial charge in [0.05, 0.1) is 6.61 Å². The van der Waals surface area contributed by atoms with Crippen LogP contribution in [0.1, 0.15) is 290 Å². The lowest BCUT2D eigenvalue weighted by Gasteiger charge is -2.40. The summed E-state index contributed by atoms with van der Waals surface area (Å²) in [4.78, 5) is 25.6. The molecule has 1 saturated heterocycles. The van der Waals surface area contributed by atoms with E-state index in [0.717, 1.165) is 38.5 Å². The van der Waals surface area contributed by atoms with Gasteiger partial charge in [-0.2, -0.15) is 8.42 Å². The van der Waals surface area contributed by atoms with E-state index in [-0.39, 0.29) is 19.4 Å². The third kappa shape index (κ3) is 42.3. The van der Waals surface area contributed by atoms with Crippen LogP contribution >= 0.6 is 0 Å². The quantitative estimate of drug-likeness (QED) is 0.0196. The van der Waals surface area contributed by atoms with Gasteiger partial charge in [-0.3, -0.25) is 14.1 Å². The van der Waals surface area contributed by atoms with Crippen molar-refractivity contribution in [3.05, 3.63) is 12.2 Å². The number of carbonyl (C=O) groups excluding carboxylic acids is 2. The Kier molecular flexibility index (Phi) is 45.6. The van der Waals surface area contributed by atoms with Crippen molar-refractivity contribution >= 4 is 22.1 Å². The molecule has 0 aromatic rings. The predicted octanol–water partition coefficient (Wildman–Crippen LogP) is 14.5. The first-order valence-electron chi connectivity index (χ1n) is 29.7. The Bertz CT molecular complexity index is 1340. The van der Waals surface area contributed by atoms with Gasteiger partial charge in [-0.1, -0.05) is 251 Å². The van der Waals surface area contributed by atoms with E-state index < -0.39 is 71.2 Å². The van der Waals surface area contributed by atoms with Gasteiger partial charge in [0.1, 0.15) is 36.8 Å². The highest BCUT2D eigenvalue weighted by atomic mass is 32.2. The van der Waals surface area contributed by atoms with E-state index in [4.69, 9.17) is 18.9 Å². The number of aliphatic hydroxyl groups excluding tert-OH is 3. The average Bonchev–Trinajstić information content (AvgIpc) is 3.34. The van der Waals surface area contributed by atoms with Crippen molar-refractivity contribution in [3.63, 3.8) is 0 Å². The van der Waals surface area contributed by atoms with Crippen LogP contribution in [0.4, 0.5) is 0 Å². The minimum absolute atomic E-state index is 0.171. The van der Waals surface area contributed by atoms with Gasteiger partial charge in [-0.15, -0.1) is 0 Å². The lowest BCUT2D eigenvalue weighted by atomic mass is 10.00. The molecule has 13 heteroatoms. The lowest BCUT2D eigenvalue weighted by molar-refractivity contribution is -0.297. The fourth-order valence-electron chi connectivity index (χ4n) is 9.50. The van der Waals surface area contributed by atoms with Crippen molar-refractivity contribution in [1.82, 2.24) is 0 Å². The van der Waals surface area contributed by atoms with Crippen LogP contribution in [0.2, 0.25) is 0 Å². The summed E-state index contributed by atoms with van der Waals surface area (Å²) >= 11 is 0. The highest BCUT2D eigenvalue weighted by molar-refractivity contribution is 7.85. The molecule has 0 radical (unpaired) electrons. The molecule has 2 unspecified atom stereocenters. The first kappa shape index (κ1) is 67.4. The average molecular weight is 1030 g/mol. The van der Waals surface area contributed by atoms with Gasteiger partial charge in [0.2, 0.25) is 0 Å². The molecule has 1 heterocycles. The van der Waals surface area contributed by atoms with Gasteiger partial charge >= 0.3 is 11.9 Å². The Morgan fingerprint density at radius 1 is 0.465 bits per heavy atom. The molecule has 12 nitrogen and oxygen atoms in total. The molecule has 0 aromatic heterocycles. The van der Waals surface area contributed by atoms with Crippen LogP contribution in [0.25, 0.3) is 0 Å². The number of ether oxygens (including phenoxy) is 4. The first-order chi connectivity index (χ1) is 34.5. The molecule has 0 spiro atoms. The fourth-order valence-corrected chi connectivity index (χ4v) is 10.2. The summed E-state index contributed by atoms with van der Waals surface area (Å²) in [6.45, 7) is 3.83. The largest absolute Gasteiger partial charge is 0.462 e. The number of unbranched alkanes of at least 4 members (excludes halogenated alkanes) is 38. The van der Waals surface area contributed by atoms with E-state index in [9.17, 15) is 37.9 Å². The number of hydrogen-bond donors (Lipinski definition) is 4. The summed E-state index contributed by atoms with van der Waals surface area (Å²) in [5.74, 6) is -1.96. The Labute approximate surface area is 435 Å². The topological polar surface area (TPSA) is 186 Å². The van der Waals surface area contributed by atoms with E-state index in [0.29, 0.717) is 12.8 Å². The number of esters is 2. The second kappa shape index (κ2) is 48.1. The number of hydrogen-bond acceptors (Lipinski definition) is 11. The molecule has 4 N–H and O–H groups in total. The summed E-state index contributed by atoms with van der Waals surface area (Å²) in [5.41, 5.74) is 0. The zero-order chi connectivity index (χ0) is 51.9. The van der Waals surface area contributed by atoms with Gasteiger partial charge in [-0.25, -0.2) is 0 Å². The van der Waals surface area contributed by atoms with E-state index in [1.165, 1.54) is 212 Å². The summed E-state index contributed by atoms with van der Waals surface area (Å²) in [5, 5.41) is 31.1. The second-order valence-corrected chi connectivity index (χ2v) is 22.5. The fraction of sp³-hybridized carbons (Fsp3) is 0.931. The molecule has 0 bridgehead atoms. The minimum Gasteiger partial charge on any atom is -0.462 e. The predicted molar refractivity (Wildman–Crippen MR) is 289 cm³/mol. The molecule has 420 valence electrons. The zero-order valence-corrected chi connectivity index (χ0v) is 46.4. The van der Waals surface area contributed by atoms with Gasteiger partial charge in [-0.05, 0) is 38.5 Å². The maximum absolute atomic E-state index is 12.9. The third-order valence-corrected chi connectivity index (χ3v) is 14.8. The SMILES string of the molecule is CCCCCCCC/C=C/CCCCCCCCCCCCCC(=O)OC[C@H](CO[C@H]1O[C@H](CS(=O)(=O)O)[C@@H](O)C(O)C1O)OC(=O)CCCCCCCCCCCCCCCCCCCCCCCC. The monoisotopic (exact) mass is 1030 g/mol. The molecule has 1 rings (SSSR count). The smallest absolute Gasteiger partial charge is 0.306 e. The molecule has 1 aliphatic heterocycles. The normalized spacial score (nSPS) is 18.9. The Balaban J connectivity index is 2.28. The van der Waals surface area contributed by atoms with Crippen molar-refractivity contribution in [2.75, 3.05) is 19.0 Å². The third-order valence-electron chi connectivity index (χ3n) is 14.1. The summed E-state index contributed by atoms with van der Waals surface area (Å²) in [6.07, 6.45) is 46.8. The van der Waals surface area contributed by atoms with Crippen LogP contribution in [0, 0.1) is 0 Å². The molecule has 0 saturated carbocycles. The summed E-state index contributed by atoms with van der Waals surface area (Å²) in [7, 11) is -4.60. The standard InChI is InChI=1S/C58H110O12S/c1-3-5-7-9-11-13-15-17-19-21-23-25-27-29-31-33-35-37-39-41-43-45-47-54(60)69-51(49-68-58-57(63)56(62)55(61)52(70-58)50-71(64,65)66)48-67-53(59)46-44-42-40-38-36-34-32-30-28-26-24-22-20-18-16-14-12-10-8-6-4-2/h18,20,51-52,55-58,61-63H,3-17,19,21-50H2,1-2H3,(H,64,65,66)/b20-18+/t51-,52-,55-,56?,57?,58+/m1/s1. The maximum atomic E-state index is 12.9. The maximum Gasteiger partial charge on any atom is 0.306 e. The number of carbonyl (C=O) groups is 2. The number of allylic oxidation sites excluding steroid dienone is 2. The number of aliphatic hydroxyl groups is 3. The molecule has 6 atom stereocenters. The lowest BCUT2D eigenvalue weighted by Crippen LogP contribution is -2.60. The van der Waals surface area contributed by atoms with E-state index in [1.54, 1.807) is 0 Å². The minimum atomic E-state index is -4.60. The Morgan fingerprint density at radius 3 is 1.17 bits per heavy atom. The zero-order valence-electron chi connectivity index (χ0n) is 45.6. The Morgan fingerprint density at radius 2 is 0.803 bits per heavy atom. The van der Waals surface area contributed by atoms with Crippen LogP contribution in [0.3, 0.4) is 0 Å². The van der Waals surface area contributed by atoms with Crippen molar-refractivity contribution in [1.29, 1.82) is 0 Å². The molecule has 0 aliphatic carbocycles. The molecule has 1 aliphatic rings. The van der Waals surface area contributed by atoms with Gasteiger partial charge in [0.25, 0.3) is 10.1 Å². The van der Waals surface area contributed by atoms with Crippen molar-refractivity contribution in [3.8, 4) is 0 Å². The van der Waals surface area contributed by atoms with Crippen LogP contribution < -0.4 is 0 Å². The molecule has 0 aromatic carbocycles. The highest BCUT2D eigenvalue weighted by Gasteiger charge is 2.46. The number of rotatable bonds is 52.